The molecule has 11 heteroatoms. The normalized spacial score (nSPS) is 17.2. The molecule has 1 aromatic heterocycles. The molecule has 1 atom stereocenters. The molecule has 1 saturated heterocycles. The molecule has 4 rings (SSSR count). The topological polar surface area (TPSA) is 71.3 Å². The van der Waals surface area contributed by atoms with E-state index in [1.54, 1.807) is 0 Å². The minimum Gasteiger partial charge on any atom is -0.338 e. The number of alkyl halides is 3. The number of hydrogen-bond acceptors (Lipinski definition) is 5. The highest BCUT2D eigenvalue weighted by Crippen LogP contribution is 2.34. The molecule has 0 spiro atoms. The van der Waals surface area contributed by atoms with Crippen LogP contribution in [0.15, 0.2) is 51.5 Å². The van der Waals surface area contributed by atoms with Gasteiger partial charge in [0, 0.05) is 16.6 Å². The van der Waals surface area contributed by atoms with Gasteiger partial charge in [-0.15, -0.1) is 0 Å². The molecule has 174 valence electrons. The minimum absolute atomic E-state index is 0.0509. The van der Waals surface area contributed by atoms with Crippen molar-refractivity contribution in [2.75, 3.05) is 18.4 Å². The summed E-state index contributed by atoms with van der Waals surface area (Å²) in [6.45, 7) is 1.52. The number of aromatic nitrogens is 2. The van der Waals surface area contributed by atoms with Crippen LogP contribution in [0.5, 0.6) is 0 Å². The summed E-state index contributed by atoms with van der Waals surface area (Å²) in [5, 5.41) is 6.63. The minimum atomic E-state index is -4.52. The summed E-state index contributed by atoms with van der Waals surface area (Å²) in [7, 11) is 0. The fraction of sp³-hybridized carbons (Fsp3) is 0.318. The smallest absolute Gasteiger partial charge is 0.338 e. The Hall–Kier alpha value is -2.43. The van der Waals surface area contributed by atoms with Crippen LogP contribution in [-0.2, 0) is 17.5 Å². The lowest BCUT2D eigenvalue weighted by atomic mass is 9.97. The van der Waals surface area contributed by atoms with E-state index in [1.165, 1.54) is 0 Å². The predicted molar refractivity (Wildman–Crippen MR) is 121 cm³/mol. The van der Waals surface area contributed by atoms with Crippen LogP contribution in [-0.4, -0.2) is 34.0 Å². The number of hydrogen-bond donors (Lipinski definition) is 1. The fourth-order valence-corrected chi connectivity index (χ4v) is 4.26. The maximum Gasteiger partial charge on any atom is 0.416 e. The second-order valence-electron chi connectivity index (χ2n) is 7.78. The van der Waals surface area contributed by atoms with Gasteiger partial charge in [0.25, 0.3) is 0 Å². The molecule has 33 heavy (non-hydrogen) atoms. The monoisotopic (exact) mass is 542 g/mol. The van der Waals surface area contributed by atoms with Crippen LogP contribution in [0.1, 0.15) is 24.3 Å². The third-order valence-electron chi connectivity index (χ3n) is 5.34. The van der Waals surface area contributed by atoms with Gasteiger partial charge in [-0.2, -0.15) is 18.2 Å². The van der Waals surface area contributed by atoms with Gasteiger partial charge in [0.05, 0.1) is 28.7 Å². The van der Waals surface area contributed by atoms with Gasteiger partial charge in [-0.1, -0.05) is 44.8 Å². The average Bonchev–Trinajstić information content (AvgIpc) is 3.23. The van der Waals surface area contributed by atoms with Crippen LogP contribution in [0.25, 0.3) is 11.4 Å². The van der Waals surface area contributed by atoms with Crippen molar-refractivity contribution in [3.63, 3.8) is 0 Å². The second-order valence-corrected chi connectivity index (χ2v) is 9.10. The van der Waals surface area contributed by atoms with E-state index in [-0.39, 0.29) is 16.6 Å². The van der Waals surface area contributed by atoms with E-state index in [0.717, 1.165) is 41.2 Å². The number of nitrogens with zero attached hydrogens (tertiary/aromatic N) is 3. The molecule has 1 amide bonds. The van der Waals surface area contributed by atoms with E-state index in [9.17, 15) is 18.0 Å². The number of carbonyl (C=O) groups is 1. The van der Waals surface area contributed by atoms with E-state index in [4.69, 9.17) is 16.1 Å². The lowest BCUT2D eigenvalue weighted by Crippen LogP contribution is -2.40. The molecule has 3 aromatic rings. The Morgan fingerprint density at radius 1 is 1.27 bits per heavy atom. The molecule has 0 radical (unpaired) electrons. The molecule has 0 aliphatic carbocycles. The highest BCUT2D eigenvalue weighted by molar-refractivity contribution is 9.10. The number of halogens is 5. The Kier molecular flexibility index (Phi) is 7.06. The van der Waals surface area contributed by atoms with Gasteiger partial charge in [-0.25, -0.2) is 0 Å². The quantitative estimate of drug-likeness (QED) is 0.426. The van der Waals surface area contributed by atoms with Crippen LogP contribution < -0.4 is 5.32 Å². The van der Waals surface area contributed by atoms with Crippen molar-refractivity contribution in [1.82, 2.24) is 15.0 Å². The second kappa shape index (κ2) is 9.82. The number of likely N-dealkylation sites (tertiary alicyclic amines) is 1. The summed E-state index contributed by atoms with van der Waals surface area (Å²) in [5.41, 5.74) is -0.109. The Morgan fingerprint density at radius 3 is 2.85 bits per heavy atom. The number of piperidine rings is 1. The Morgan fingerprint density at radius 2 is 2.09 bits per heavy atom. The molecule has 0 saturated carbocycles. The lowest BCUT2D eigenvalue weighted by molar-refractivity contribution is -0.137. The molecule has 1 unspecified atom stereocenters. The lowest BCUT2D eigenvalue weighted by Gasteiger charge is -2.31. The number of nitrogens with one attached hydrogen (secondary N) is 1. The van der Waals surface area contributed by atoms with E-state index < -0.39 is 17.7 Å². The zero-order valence-corrected chi connectivity index (χ0v) is 19.5. The zero-order chi connectivity index (χ0) is 23.6. The molecule has 1 aliphatic rings. The van der Waals surface area contributed by atoms with Gasteiger partial charge in [0.2, 0.25) is 17.6 Å². The van der Waals surface area contributed by atoms with Gasteiger partial charge >= 0.3 is 6.18 Å². The standard InChI is InChI=1S/C22H19BrClF3N4O2/c23-16-5-1-3-13(9-16)20-29-19(33-30-20)12-31-8-2-4-14(11-31)21(32)28-18-10-15(22(25,26)27)6-7-17(18)24/h1,3,5-7,9-10,14H,2,4,8,11-12H2,(H,28,32). The summed E-state index contributed by atoms with van der Waals surface area (Å²) < 4.78 is 45.3. The number of amides is 1. The Labute approximate surface area is 201 Å². The fourth-order valence-electron chi connectivity index (χ4n) is 3.70. The predicted octanol–water partition coefficient (Wildman–Crippen LogP) is 6.02. The first-order valence-corrected chi connectivity index (χ1v) is 11.3. The summed E-state index contributed by atoms with van der Waals surface area (Å²) in [6.07, 6.45) is -3.16. The Bertz CT molecular complexity index is 1150. The van der Waals surface area contributed by atoms with E-state index >= 15 is 0 Å². The summed E-state index contributed by atoms with van der Waals surface area (Å²) in [6, 6.07) is 10.4. The van der Waals surface area contributed by atoms with Gasteiger partial charge < -0.3 is 9.84 Å². The SMILES string of the molecule is O=C(Nc1cc(C(F)(F)F)ccc1Cl)C1CCCN(Cc2nc(-c3cccc(Br)c3)no2)C1. The Balaban J connectivity index is 1.39. The van der Waals surface area contributed by atoms with Crippen LogP contribution in [0.4, 0.5) is 18.9 Å². The first-order valence-electron chi connectivity index (χ1n) is 10.2. The molecule has 2 heterocycles. The number of rotatable bonds is 5. The van der Waals surface area contributed by atoms with Gasteiger partial charge in [0.1, 0.15) is 0 Å². The van der Waals surface area contributed by atoms with Crippen LogP contribution in [0, 0.1) is 5.92 Å². The molecule has 0 bridgehead atoms. The molecule has 6 nitrogen and oxygen atoms in total. The summed E-state index contributed by atoms with van der Waals surface area (Å²) in [5.74, 6) is 0.113. The van der Waals surface area contributed by atoms with Crippen molar-refractivity contribution < 1.29 is 22.5 Å². The van der Waals surface area contributed by atoms with E-state index in [2.05, 4.69) is 31.4 Å². The number of carbonyl (C=O) groups excluding carboxylic acids is 1. The molecule has 2 aromatic carbocycles. The number of benzene rings is 2. The number of anilines is 1. The summed E-state index contributed by atoms with van der Waals surface area (Å²) in [4.78, 5) is 19.2. The van der Waals surface area contributed by atoms with Crippen molar-refractivity contribution >= 4 is 39.1 Å². The molecule has 1 fully saturated rings. The van der Waals surface area contributed by atoms with Crippen molar-refractivity contribution in [2.24, 2.45) is 5.92 Å². The van der Waals surface area contributed by atoms with Crippen LogP contribution in [0.2, 0.25) is 5.02 Å². The maximum absolute atomic E-state index is 13.0. The van der Waals surface area contributed by atoms with Crippen molar-refractivity contribution in [1.29, 1.82) is 0 Å². The molecular formula is C22H19BrClF3N4O2. The average molecular weight is 544 g/mol. The third-order valence-corrected chi connectivity index (χ3v) is 6.16. The largest absolute Gasteiger partial charge is 0.416 e. The van der Waals surface area contributed by atoms with Crippen LogP contribution in [0.3, 0.4) is 0 Å². The molecule has 1 aliphatic heterocycles. The zero-order valence-electron chi connectivity index (χ0n) is 17.2. The highest BCUT2D eigenvalue weighted by atomic mass is 79.9. The van der Waals surface area contributed by atoms with Crippen molar-refractivity contribution in [2.45, 2.75) is 25.6 Å². The van der Waals surface area contributed by atoms with Crippen LogP contribution >= 0.6 is 27.5 Å². The first-order chi connectivity index (χ1) is 15.7. The first kappa shape index (κ1) is 23.7. The van der Waals surface area contributed by atoms with E-state index in [1.807, 2.05) is 29.2 Å². The summed E-state index contributed by atoms with van der Waals surface area (Å²) >= 11 is 9.42. The van der Waals surface area contributed by atoms with Gasteiger partial charge in [-0.3, -0.25) is 9.69 Å². The van der Waals surface area contributed by atoms with Gasteiger partial charge in [-0.05, 0) is 49.7 Å². The maximum atomic E-state index is 13.0. The third kappa shape index (κ3) is 5.93. The van der Waals surface area contributed by atoms with Crippen molar-refractivity contribution in [3.05, 3.63) is 63.4 Å². The van der Waals surface area contributed by atoms with Gasteiger partial charge in [0.15, 0.2) is 0 Å². The van der Waals surface area contributed by atoms with E-state index in [0.29, 0.717) is 31.2 Å². The van der Waals surface area contributed by atoms with Crippen molar-refractivity contribution in [3.8, 4) is 11.4 Å². The highest BCUT2D eigenvalue weighted by Gasteiger charge is 2.32. The molecule has 1 N–H and O–H groups in total. The molecular weight excluding hydrogens is 525 g/mol.